The fraction of sp³-hybridized carbons (Fsp3) is 0.533. The number of halogens is 1. The lowest BCUT2D eigenvalue weighted by Crippen LogP contribution is -2.32. The number of nitrogens with one attached hydrogen (secondary N) is 1. The molecule has 0 saturated carbocycles. The Bertz CT molecular complexity index is 393. The summed E-state index contributed by atoms with van der Waals surface area (Å²) in [6.45, 7) is 5.91. The molecule has 1 rings (SSSR count). The zero-order valence-electron chi connectivity index (χ0n) is 12.6. The normalized spacial score (nSPS) is 12.4. The average molecular weight is 391 g/mol. The van der Waals surface area contributed by atoms with Crippen LogP contribution in [0.25, 0.3) is 0 Å². The van der Waals surface area contributed by atoms with Crippen LogP contribution in [0.3, 0.4) is 0 Å². The van der Waals surface area contributed by atoms with Crippen molar-refractivity contribution in [1.29, 1.82) is 0 Å². The number of benzene rings is 1. The van der Waals surface area contributed by atoms with Crippen LogP contribution in [0.1, 0.15) is 25.8 Å². The summed E-state index contributed by atoms with van der Waals surface area (Å²) in [5.41, 5.74) is 7.06. The molecule has 0 fully saturated rings. The van der Waals surface area contributed by atoms with Crippen LogP contribution < -0.4 is 15.8 Å². The Hall–Kier alpha value is -0.980. The lowest BCUT2D eigenvalue weighted by molar-refractivity contribution is 0.414. The van der Waals surface area contributed by atoms with Crippen molar-refractivity contribution in [3.63, 3.8) is 0 Å². The van der Waals surface area contributed by atoms with Crippen molar-refractivity contribution in [1.82, 2.24) is 5.32 Å². The maximum Gasteiger partial charge on any atom is 0.188 e. The predicted molar refractivity (Wildman–Crippen MR) is 96.1 cm³/mol. The number of nitrogens with two attached hydrogens (primary N) is 1. The molecule has 0 aliphatic rings. The fourth-order valence-corrected chi connectivity index (χ4v) is 1.79. The van der Waals surface area contributed by atoms with Gasteiger partial charge in [-0.15, -0.1) is 24.0 Å². The molecule has 1 atom stereocenters. The van der Waals surface area contributed by atoms with Crippen LogP contribution in [0.5, 0.6) is 5.75 Å². The molecule has 0 radical (unpaired) electrons. The van der Waals surface area contributed by atoms with E-state index in [0.717, 1.165) is 31.7 Å². The number of ether oxygens (including phenoxy) is 1. The minimum atomic E-state index is 0. The second-order valence-electron chi connectivity index (χ2n) is 4.81. The lowest BCUT2D eigenvalue weighted by Gasteiger charge is -2.10. The van der Waals surface area contributed by atoms with Gasteiger partial charge < -0.3 is 15.8 Å². The molecule has 1 unspecified atom stereocenters. The molecular formula is C15H26IN3O. The molecule has 0 aliphatic carbocycles. The van der Waals surface area contributed by atoms with Crippen molar-refractivity contribution in [3.05, 3.63) is 29.8 Å². The van der Waals surface area contributed by atoms with Gasteiger partial charge in [-0.3, -0.25) is 4.99 Å². The van der Waals surface area contributed by atoms with E-state index in [1.807, 2.05) is 12.1 Å². The Balaban J connectivity index is 0.00000361. The van der Waals surface area contributed by atoms with Crippen LogP contribution in [0.15, 0.2) is 29.3 Å². The number of guanidine groups is 1. The van der Waals surface area contributed by atoms with Gasteiger partial charge in [0.1, 0.15) is 5.75 Å². The van der Waals surface area contributed by atoms with Crippen molar-refractivity contribution < 1.29 is 4.74 Å². The maximum absolute atomic E-state index is 5.76. The minimum Gasteiger partial charge on any atom is -0.497 e. The van der Waals surface area contributed by atoms with E-state index in [0.29, 0.717) is 11.9 Å². The summed E-state index contributed by atoms with van der Waals surface area (Å²) in [5, 5.41) is 3.08. The van der Waals surface area contributed by atoms with Crippen molar-refractivity contribution in [3.8, 4) is 5.75 Å². The zero-order valence-corrected chi connectivity index (χ0v) is 14.9. The number of methoxy groups -OCH3 is 1. The summed E-state index contributed by atoms with van der Waals surface area (Å²) in [7, 11) is 1.68. The zero-order chi connectivity index (χ0) is 14.1. The molecule has 114 valence electrons. The molecule has 4 nitrogen and oxygen atoms in total. The molecule has 5 heteroatoms. The van der Waals surface area contributed by atoms with Crippen LogP contribution in [0.4, 0.5) is 0 Å². The third kappa shape index (κ3) is 7.57. The van der Waals surface area contributed by atoms with Gasteiger partial charge in [0.05, 0.1) is 7.11 Å². The second kappa shape index (κ2) is 10.8. The van der Waals surface area contributed by atoms with Gasteiger partial charge in [-0.05, 0) is 36.5 Å². The topological polar surface area (TPSA) is 59.6 Å². The van der Waals surface area contributed by atoms with Crippen LogP contribution in [-0.4, -0.2) is 26.2 Å². The van der Waals surface area contributed by atoms with Gasteiger partial charge >= 0.3 is 0 Å². The summed E-state index contributed by atoms with van der Waals surface area (Å²) < 4.78 is 5.14. The first kappa shape index (κ1) is 19.0. The highest BCUT2D eigenvalue weighted by molar-refractivity contribution is 14.0. The third-order valence-electron chi connectivity index (χ3n) is 2.87. The Kier molecular flexibility index (Phi) is 10.2. The van der Waals surface area contributed by atoms with E-state index in [9.17, 15) is 0 Å². The Morgan fingerprint density at radius 2 is 2.00 bits per heavy atom. The smallest absolute Gasteiger partial charge is 0.188 e. The van der Waals surface area contributed by atoms with E-state index >= 15 is 0 Å². The van der Waals surface area contributed by atoms with E-state index in [-0.39, 0.29) is 24.0 Å². The summed E-state index contributed by atoms with van der Waals surface area (Å²) in [6.07, 6.45) is 2.05. The highest BCUT2D eigenvalue weighted by Gasteiger charge is 2.03. The Morgan fingerprint density at radius 1 is 1.35 bits per heavy atom. The summed E-state index contributed by atoms with van der Waals surface area (Å²) in [5.74, 6) is 1.90. The van der Waals surface area contributed by atoms with Crippen LogP contribution in [-0.2, 0) is 6.42 Å². The molecule has 0 bridgehead atoms. The van der Waals surface area contributed by atoms with Crippen LogP contribution in [0, 0.1) is 5.92 Å². The predicted octanol–water partition coefficient (Wildman–Crippen LogP) is 2.81. The first-order valence-electron chi connectivity index (χ1n) is 6.82. The number of rotatable bonds is 7. The van der Waals surface area contributed by atoms with Gasteiger partial charge in [-0.2, -0.15) is 0 Å². The standard InChI is InChI=1S/C15H25N3O.HI/c1-4-9-17-15(16)18-11-12(2)10-13-5-7-14(19-3)8-6-13;/h5-8,12H,4,9-11H2,1-3H3,(H3,16,17,18);1H. The van der Waals surface area contributed by atoms with E-state index in [1.54, 1.807) is 7.11 Å². The van der Waals surface area contributed by atoms with E-state index in [2.05, 4.69) is 36.3 Å². The van der Waals surface area contributed by atoms with Crippen molar-refractivity contribution in [2.75, 3.05) is 20.2 Å². The van der Waals surface area contributed by atoms with Gasteiger partial charge in [0, 0.05) is 13.1 Å². The molecule has 1 aromatic carbocycles. The minimum absolute atomic E-state index is 0. The van der Waals surface area contributed by atoms with Gasteiger partial charge in [-0.25, -0.2) is 0 Å². The number of aliphatic imine (C=N–C) groups is 1. The van der Waals surface area contributed by atoms with Crippen LogP contribution >= 0.6 is 24.0 Å². The third-order valence-corrected chi connectivity index (χ3v) is 2.87. The first-order chi connectivity index (χ1) is 9.15. The Labute approximate surface area is 139 Å². The summed E-state index contributed by atoms with van der Waals surface area (Å²) in [4.78, 5) is 4.35. The molecule has 0 spiro atoms. The quantitative estimate of drug-likeness (QED) is 0.427. The molecule has 0 aliphatic heterocycles. The van der Waals surface area contributed by atoms with E-state index in [4.69, 9.17) is 10.5 Å². The lowest BCUT2D eigenvalue weighted by atomic mass is 10.0. The fourth-order valence-electron chi connectivity index (χ4n) is 1.79. The molecule has 0 saturated heterocycles. The largest absolute Gasteiger partial charge is 0.497 e. The maximum atomic E-state index is 5.76. The molecule has 0 aromatic heterocycles. The molecule has 3 N–H and O–H groups in total. The first-order valence-corrected chi connectivity index (χ1v) is 6.82. The average Bonchev–Trinajstić information content (AvgIpc) is 2.43. The summed E-state index contributed by atoms with van der Waals surface area (Å²) >= 11 is 0. The van der Waals surface area contributed by atoms with Gasteiger partial charge in [-0.1, -0.05) is 26.0 Å². The number of nitrogens with zero attached hydrogens (tertiary/aromatic N) is 1. The van der Waals surface area contributed by atoms with Crippen molar-refractivity contribution in [2.24, 2.45) is 16.6 Å². The second-order valence-corrected chi connectivity index (χ2v) is 4.81. The summed E-state index contributed by atoms with van der Waals surface area (Å²) in [6, 6.07) is 8.17. The highest BCUT2D eigenvalue weighted by atomic mass is 127. The monoisotopic (exact) mass is 391 g/mol. The molecule has 20 heavy (non-hydrogen) atoms. The van der Waals surface area contributed by atoms with Crippen molar-refractivity contribution in [2.45, 2.75) is 26.7 Å². The van der Waals surface area contributed by atoms with Crippen LogP contribution in [0.2, 0.25) is 0 Å². The molecular weight excluding hydrogens is 365 g/mol. The SMILES string of the molecule is CCCNC(N)=NCC(C)Cc1ccc(OC)cc1.I. The Morgan fingerprint density at radius 3 is 2.55 bits per heavy atom. The van der Waals surface area contributed by atoms with Gasteiger partial charge in [0.25, 0.3) is 0 Å². The number of hydrogen-bond acceptors (Lipinski definition) is 2. The van der Waals surface area contributed by atoms with Gasteiger partial charge in [0.15, 0.2) is 5.96 Å². The van der Waals surface area contributed by atoms with E-state index in [1.165, 1.54) is 5.56 Å². The molecule has 1 aromatic rings. The highest BCUT2D eigenvalue weighted by Crippen LogP contribution is 2.14. The van der Waals surface area contributed by atoms with Crippen molar-refractivity contribution >= 4 is 29.9 Å². The van der Waals surface area contributed by atoms with E-state index < -0.39 is 0 Å². The number of hydrogen-bond donors (Lipinski definition) is 2. The molecule has 0 heterocycles. The van der Waals surface area contributed by atoms with Gasteiger partial charge in [0.2, 0.25) is 0 Å². The molecule has 0 amide bonds.